The number of hydrogen-bond acceptors (Lipinski definition) is 4. The van der Waals surface area contributed by atoms with Gasteiger partial charge in [0.25, 0.3) is 0 Å². The zero-order chi connectivity index (χ0) is 21.8. The summed E-state index contributed by atoms with van der Waals surface area (Å²) in [5.41, 5.74) is 1.08. The predicted molar refractivity (Wildman–Crippen MR) is 109 cm³/mol. The third-order valence-corrected chi connectivity index (χ3v) is 5.41. The van der Waals surface area contributed by atoms with E-state index in [0.29, 0.717) is 22.7 Å². The molecule has 1 aliphatic carbocycles. The van der Waals surface area contributed by atoms with E-state index in [9.17, 15) is 18.3 Å². The van der Waals surface area contributed by atoms with E-state index in [4.69, 9.17) is 4.74 Å². The van der Waals surface area contributed by atoms with Crippen LogP contribution in [0.2, 0.25) is 0 Å². The Labute approximate surface area is 175 Å². The Morgan fingerprint density at radius 1 is 1.03 bits per heavy atom. The summed E-state index contributed by atoms with van der Waals surface area (Å²) in [6.45, 7) is 0. The number of hydrogen-bond donors (Lipinski definition) is 1. The van der Waals surface area contributed by atoms with Crippen molar-refractivity contribution in [1.82, 2.24) is 14.8 Å². The number of aromatic nitrogens is 3. The molecule has 2 aromatic carbocycles. The maximum atomic E-state index is 14.1. The summed E-state index contributed by atoms with van der Waals surface area (Å²) < 4.78 is 49.0. The summed E-state index contributed by atoms with van der Waals surface area (Å²) >= 11 is 0. The second-order valence-electron chi connectivity index (χ2n) is 7.57. The Hall–Kier alpha value is -3.55. The molecule has 0 amide bonds. The van der Waals surface area contributed by atoms with Crippen LogP contribution in [-0.4, -0.2) is 27.0 Å². The van der Waals surface area contributed by atoms with Gasteiger partial charge in [0.15, 0.2) is 5.65 Å². The highest BCUT2D eigenvalue weighted by atomic mass is 19.4. The summed E-state index contributed by atoms with van der Waals surface area (Å²) in [5.74, 6) is 0.668. The zero-order valence-electron chi connectivity index (χ0n) is 16.5. The first-order valence-corrected chi connectivity index (χ1v) is 9.80. The summed E-state index contributed by atoms with van der Waals surface area (Å²) in [6.07, 6.45) is -2.94. The molecule has 0 bridgehead atoms. The van der Waals surface area contributed by atoms with E-state index in [2.05, 4.69) is 10.1 Å². The first-order chi connectivity index (χ1) is 14.8. The van der Waals surface area contributed by atoms with Crippen LogP contribution in [0.5, 0.6) is 11.5 Å². The quantitative estimate of drug-likeness (QED) is 0.456. The number of methoxy groups -OCH3 is 1. The second-order valence-corrected chi connectivity index (χ2v) is 7.57. The van der Waals surface area contributed by atoms with Gasteiger partial charge in [-0.3, -0.25) is 0 Å². The van der Waals surface area contributed by atoms with Gasteiger partial charge in [-0.2, -0.15) is 18.3 Å². The average Bonchev–Trinajstić information content (AvgIpc) is 3.53. The molecule has 0 saturated heterocycles. The van der Waals surface area contributed by atoms with Gasteiger partial charge in [-0.15, -0.1) is 0 Å². The lowest BCUT2D eigenvalue weighted by atomic mass is 10.0. The molecule has 2 heterocycles. The van der Waals surface area contributed by atoms with Crippen LogP contribution < -0.4 is 4.74 Å². The lowest BCUT2D eigenvalue weighted by Gasteiger charge is -2.12. The van der Waals surface area contributed by atoms with E-state index in [0.717, 1.165) is 18.9 Å². The molecule has 5 nitrogen and oxygen atoms in total. The summed E-state index contributed by atoms with van der Waals surface area (Å²) in [6, 6.07) is 13.9. The standard InChI is InChI=1S/C23H18F3N3O2/c1-31-17-10-6-15(7-11-17)29-22-20(21(28-29)14-2-3-14)18(23(24,25)26)12-19(27-22)13-4-8-16(30)9-5-13/h4-12,14,30H,2-3H2,1H3. The van der Waals surface area contributed by atoms with E-state index in [1.807, 2.05) is 0 Å². The van der Waals surface area contributed by atoms with Crippen LogP contribution >= 0.6 is 0 Å². The molecule has 5 rings (SSSR count). The van der Waals surface area contributed by atoms with E-state index >= 15 is 0 Å². The first kappa shape index (κ1) is 19.4. The van der Waals surface area contributed by atoms with Crippen LogP contribution in [-0.2, 0) is 6.18 Å². The van der Waals surface area contributed by atoms with Crippen molar-refractivity contribution in [3.63, 3.8) is 0 Å². The predicted octanol–water partition coefficient (Wildman–Crippen LogP) is 5.70. The molecule has 1 aliphatic rings. The molecule has 0 radical (unpaired) electrons. The van der Waals surface area contributed by atoms with Gasteiger partial charge in [0.05, 0.1) is 35.1 Å². The van der Waals surface area contributed by atoms with Gasteiger partial charge in [0.2, 0.25) is 0 Å². The fraction of sp³-hybridized carbons (Fsp3) is 0.217. The van der Waals surface area contributed by atoms with E-state index in [1.54, 1.807) is 43.5 Å². The number of rotatable bonds is 4. The van der Waals surface area contributed by atoms with Gasteiger partial charge in [0, 0.05) is 11.5 Å². The molecule has 1 N–H and O–H groups in total. The van der Waals surface area contributed by atoms with Gasteiger partial charge in [-0.1, -0.05) is 0 Å². The first-order valence-electron chi connectivity index (χ1n) is 9.80. The highest BCUT2D eigenvalue weighted by molar-refractivity contribution is 5.88. The number of pyridine rings is 1. The number of benzene rings is 2. The van der Waals surface area contributed by atoms with Gasteiger partial charge < -0.3 is 9.84 Å². The van der Waals surface area contributed by atoms with E-state index < -0.39 is 11.7 Å². The van der Waals surface area contributed by atoms with Crippen LogP contribution in [0, 0.1) is 0 Å². The Kier molecular flexibility index (Phi) is 4.39. The number of phenolic OH excluding ortho intramolecular Hbond substituents is 1. The number of aromatic hydroxyl groups is 1. The Morgan fingerprint density at radius 3 is 2.29 bits per heavy atom. The summed E-state index contributed by atoms with van der Waals surface area (Å²) in [5, 5.41) is 14.2. The van der Waals surface area contributed by atoms with Crippen molar-refractivity contribution < 1.29 is 23.0 Å². The fourth-order valence-electron chi connectivity index (χ4n) is 3.69. The molecule has 8 heteroatoms. The van der Waals surface area contributed by atoms with Crippen molar-refractivity contribution in [2.24, 2.45) is 0 Å². The van der Waals surface area contributed by atoms with Gasteiger partial charge in [0.1, 0.15) is 11.5 Å². The minimum Gasteiger partial charge on any atom is -0.508 e. The van der Waals surface area contributed by atoms with Crippen molar-refractivity contribution in [2.75, 3.05) is 7.11 Å². The lowest BCUT2D eigenvalue weighted by Crippen LogP contribution is -2.08. The second kappa shape index (κ2) is 7.01. The Bertz CT molecular complexity index is 1260. The highest BCUT2D eigenvalue weighted by Crippen LogP contribution is 2.47. The zero-order valence-corrected chi connectivity index (χ0v) is 16.5. The molecular formula is C23H18F3N3O2. The van der Waals surface area contributed by atoms with Crippen LogP contribution in [0.25, 0.3) is 28.0 Å². The minimum absolute atomic E-state index is 0.00409. The highest BCUT2D eigenvalue weighted by Gasteiger charge is 2.39. The molecule has 0 atom stereocenters. The number of alkyl halides is 3. The largest absolute Gasteiger partial charge is 0.508 e. The van der Waals surface area contributed by atoms with Crippen molar-refractivity contribution in [3.8, 4) is 28.4 Å². The number of nitrogens with zero attached hydrogens (tertiary/aromatic N) is 3. The van der Waals surface area contributed by atoms with Crippen LogP contribution in [0.3, 0.4) is 0 Å². The topological polar surface area (TPSA) is 60.2 Å². The number of ether oxygens (including phenoxy) is 1. The molecular weight excluding hydrogens is 407 g/mol. The molecule has 0 unspecified atom stereocenters. The summed E-state index contributed by atoms with van der Waals surface area (Å²) in [4.78, 5) is 4.59. The minimum atomic E-state index is -4.57. The number of halogens is 3. The molecule has 0 spiro atoms. The monoisotopic (exact) mass is 425 g/mol. The molecule has 0 aliphatic heterocycles. The molecule has 1 saturated carbocycles. The third kappa shape index (κ3) is 3.48. The molecule has 4 aromatic rings. The van der Waals surface area contributed by atoms with Gasteiger partial charge in [-0.25, -0.2) is 9.67 Å². The number of fused-ring (bicyclic) bond motifs is 1. The lowest BCUT2D eigenvalue weighted by molar-refractivity contribution is -0.136. The average molecular weight is 425 g/mol. The third-order valence-electron chi connectivity index (χ3n) is 5.41. The van der Waals surface area contributed by atoms with Crippen molar-refractivity contribution in [3.05, 3.63) is 65.9 Å². The smallest absolute Gasteiger partial charge is 0.417 e. The normalized spacial score (nSPS) is 14.2. The SMILES string of the molecule is COc1ccc(-n2nc(C3CC3)c3c(C(F)(F)F)cc(-c4ccc(O)cc4)nc32)cc1. The molecule has 158 valence electrons. The van der Waals surface area contributed by atoms with Crippen LogP contribution in [0.15, 0.2) is 54.6 Å². The molecule has 1 fully saturated rings. The summed E-state index contributed by atoms with van der Waals surface area (Å²) in [7, 11) is 1.55. The van der Waals surface area contributed by atoms with Gasteiger partial charge >= 0.3 is 6.18 Å². The van der Waals surface area contributed by atoms with Crippen molar-refractivity contribution >= 4 is 11.0 Å². The maximum absolute atomic E-state index is 14.1. The molecule has 2 aromatic heterocycles. The molecule has 31 heavy (non-hydrogen) atoms. The Morgan fingerprint density at radius 2 is 1.71 bits per heavy atom. The van der Waals surface area contributed by atoms with Crippen LogP contribution in [0.4, 0.5) is 13.2 Å². The van der Waals surface area contributed by atoms with Gasteiger partial charge in [-0.05, 0) is 67.4 Å². The van der Waals surface area contributed by atoms with E-state index in [-0.39, 0.29) is 28.4 Å². The number of phenols is 1. The maximum Gasteiger partial charge on any atom is 0.417 e. The van der Waals surface area contributed by atoms with Crippen molar-refractivity contribution in [2.45, 2.75) is 24.9 Å². The van der Waals surface area contributed by atoms with Crippen LogP contribution in [0.1, 0.15) is 30.0 Å². The van der Waals surface area contributed by atoms with Crippen molar-refractivity contribution in [1.29, 1.82) is 0 Å². The Balaban J connectivity index is 1.81. The van der Waals surface area contributed by atoms with E-state index in [1.165, 1.54) is 16.8 Å². The fourth-order valence-corrected chi connectivity index (χ4v) is 3.69.